The lowest BCUT2D eigenvalue weighted by Crippen LogP contribution is -2.48. The lowest BCUT2D eigenvalue weighted by atomic mass is 10.1. The number of rotatable bonds is 3. The third-order valence-electron chi connectivity index (χ3n) is 3.30. The smallest absolute Gasteiger partial charge is 0.211 e. The monoisotopic (exact) mass is 304 g/mol. The van der Waals surface area contributed by atoms with Gasteiger partial charge in [0.25, 0.3) is 0 Å². The van der Waals surface area contributed by atoms with Gasteiger partial charge in [0.1, 0.15) is 0 Å². The van der Waals surface area contributed by atoms with Gasteiger partial charge in [-0.25, -0.2) is 8.42 Å². The Morgan fingerprint density at radius 3 is 2.42 bits per heavy atom. The van der Waals surface area contributed by atoms with Crippen LogP contribution in [-0.4, -0.2) is 50.3 Å². The number of sulfonamides is 1. The van der Waals surface area contributed by atoms with E-state index in [4.69, 9.17) is 11.6 Å². The molecule has 1 aromatic rings. The maximum Gasteiger partial charge on any atom is 0.211 e. The van der Waals surface area contributed by atoms with Crippen molar-refractivity contribution in [2.75, 3.05) is 37.3 Å². The fourth-order valence-corrected chi connectivity index (χ4v) is 3.32. The Morgan fingerprint density at radius 2 is 1.89 bits per heavy atom. The van der Waals surface area contributed by atoms with E-state index in [0.29, 0.717) is 36.8 Å². The van der Waals surface area contributed by atoms with Crippen LogP contribution in [-0.2, 0) is 16.6 Å². The van der Waals surface area contributed by atoms with Gasteiger partial charge in [-0.15, -0.1) is 0 Å². The topological polar surface area (TPSA) is 60.9 Å². The van der Waals surface area contributed by atoms with Crippen LogP contribution in [0.5, 0.6) is 0 Å². The van der Waals surface area contributed by atoms with Gasteiger partial charge in [-0.1, -0.05) is 17.7 Å². The number of hydrogen-bond acceptors (Lipinski definition) is 4. The van der Waals surface area contributed by atoms with E-state index in [2.05, 4.69) is 4.90 Å². The van der Waals surface area contributed by atoms with Gasteiger partial charge in [-0.3, -0.25) is 0 Å². The molecule has 2 rings (SSSR count). The average Bonchev–Trinajstić information content (AvgIpc) is 2.37. The molecule has 0 amide bonds. The molecule has 0 bridgehead atoms. The van der Waals surface area contributed by atoms with Crippen molar-refractivity contribution in [3.8, 4) is 0 Å². The molecule has 1 N–H and O–H groups in total. The number of aliphatic hydroxyl groups is 1. The number of benzene rings is 1. The molecule has 1 aromatic carbocycles. The third-order valence-corrected chi connectivity index (χ3v) is 4.96. The summed E-state index contributed by atoms with van der Waals surface area (Å²) in [7, 11) is -3.12. The first-order chi connectivity index (χ1) is 8.93. The SMILES string of the molecule is CS(=O)(=O)N1CCN(c2cccc(Cl)c2CO)CC1. The predicted octanol–water partition coefficient (Wildman–Crippen LogP) is 0.914. The van der Waals surface area contributed by atoms with Crippen molar-refractivity contribution in [2.24, 2.45) is 0 Å². The van der Waals surface area contributed by atoms with Crippen molar-refractivity contribution < 1.29 is 13.5 Å². The quantitative estimate of drug-likeness (QED) is 0.902. The van der Waals surface area contributed by atoms with Crippen molar-refractivity contribution in [3.63, 3.8) is 0 Å². The van der Waals surface area contributed by atoms with Crippen molar-refractivity contribution in [2.45, 2.75) is 6.61 Å². The summed E-state index contributed by atoms with van der Waals surface area (Å²) < 4.78 is 24.4. The standard InChI is InChI=1S/C12H17ClN2O3S/c1-19(17,18)15-7-5-14(6-8-15)12-4-2-3-11(13)10(12)9-16/h2-4,16H,5-9H2,1H3. The van der Waals surface area contributed by atoms with E-state index in [9.17, 15) is 13.5 Å². The van der Waals surface area contributed by atoms with Crippen LogP contribution in [0.25, 0.3) is 0 Å². The normalized spacial score (nSPS) is 17.7. The van der Waals surface area contributed by atoms with E-state index in [-0.39, 0.29) is 6.61 Å². The number of halogens is 1. The highest BCUT2D eigenvalue weighted by Gasteiger charge is 2.24. The lowest BCUT2D eigenvalue weighted by molar-refractivity contribution is 0.281. The van der Waals surface area contributed by atoms with Crippen molar-refractivity contribution in [1.82, 2.24) is 4.31 Å². The van der Waals surface area contributed by atoms with Crippen LogP contribution in [0.15, 0.2) is 18.2 Å². The van der Waals surface area contributed by atoms with E-state index in [1.54, 1.807) is 6.07 Å². The Morgan fingerprint density at radius 1 is 1.26 bits per heavy atom. The summed E-state index contributed by atoms with van der Waals surface area (Å²) in [5.74, 6) is 0. The Kier molecular flexibility index (Phi) is 4.35. The minimum absolute atomic E-state index is 0.124. The zero-order valence-electron chi connectivity index (χ0n) is 10.7. The van der Waals surface area contributed by atoms with Crippen molar-refractivity contribution in [1.29, 1.82) is 0 Å². The zero-order valence-corrected chi connectivity index (χ0v) is 12.3. The fraction of sp³-hybridized carbons (Fsp3) is 0.500. The summed E-state index contributed by atoms with van der Waals surface area (Å²) in [5, 5.41) is 9.93. The third kappa shape index (κ3) is 3.20. The predicted molar refractivity (Wildman–Crippen MR) is 76.0 cm³/mol. The highest BCUT2D eigenvalue weighted by atomic mass is 35.5. The molecule has 19 heavy (non-hydrogen) atoms. The van der Waals surface area contributed by atoms with Gasteiger partial charge in [-0.05, 0) is 12.1 Å². The second kappa shape index (κ2) is 5.66. The van der Waals surface area contributed by atoms with Crippen LogP contribution in [0.4, 0.5) is 5.69 Å². The summed E-state index contributed by atoms with van der Waals surface area (Å²) in [6.07, 6.45) is 1.22. The van der Waals surface area contributed by atoms with E-state index in [1.807, 2.05) is 12.1 Å². The highest BCUT2D eigenvalue weighted by Crippen LogP contribution is 2.28. The first-order valence-corrected chi connectivity index (χ1v) is 8.24. The van der Waals surface area contributed by atoms with Gasteiger partial charge in [0.2, 0.25) is 10.0 Å². The van der Waals surface area contributed by atoms with E-state index < -0.39 is 10.0 Å². The van der Waals surface area contributed by atoms with E-state index in [0.717, 1.165) is 5.69 Å². The second-order valence-corrected chi connectivity index (χ2v) is 6.93. The van der Waals surface area contributed by atoms with Crippen LogP contribution in [0, 0.1) is 0 Å². The van der Waals surface area contributed by atoms with Gasteiger partial charge in [0.05, 0.1) is 12.9 Å². The molecule has 1 fully saturated rings. The fourth-order valence-electron chi connectivity index (χ4n) is 2.26. The molecule has 0 aliphatic carbocycles. The molecule has 0 spiro atoms. The van der Waals surface area contributed by atoms with Gasteiger partial charge < -0.3 is 10.0 Å². The van der Waals surface area contributed by atoms with Gasteiger partial charge >= 0.3 is 0 Å². The number of nitrogens with zero attached hydrogens (tertiary/aromatic N) is 2. The van der Waals surface area contributed by atoms with Gasteiger partial charge in [0.15, 0.2) is 0 Å². The molecule has 0 radical (unpaired) electrons. The molecule has 7 heteroatoms. The minimum Gasteiger partial charge on any atom is -0.392 e. The van der Waals surface area contributed by atoms with E-state index in [1.165, 1.54) is 10.6 Å². The van der Waals surface area contributed by atoms with Crippen LogP contribution in [0.3, 0.4) is 0 Å². The summed E-state index contributed by atoms with van der Waals surface area (Å²) in [5.41, 5.74) is 1.57. The number of anilines is 1. The molecule has 0 atom stereocenters. The molecule has 106 valence electrons. The largest absolute Gasteiger partial charge is 0.392 e. The minimum atomic E-state index is -3.12. The Hall–Kier alpha value is -0.820. The van der Waals surface area contributed by atoms with Crippen molar-refractivity contribution >= 4 is 27.3 Å². The average molecular weight is 305 g/mol. The Bertz CT molecular complexity index is 554. The molecule has 5 nitrogen and oxygen atoms in total. The maximum atomic E-state index is 11.5. The Balaban J connectivity index is 2.16. The molecule has 0 unspecified atom stereocenters. The molecule has 1 aliphatic rings. The van der Waals surface area contributed by atoms with Crippen LogP contribution < -0.4 is 4.90 Å². The first-order valence-electron chi connectivity index (χ1n) is 6.02. The summed E-state index contributed by atoms with van der Waals surface area (Å²) >= 11 is 6.06. The molecular formula is C12H17ClN2O3S. The molecule has 1 aliphatic heterocycles. The molecular weight excluding hydrogens is 288 g/mol. The van der Waals surface area contributed by atoms with Gasteiger partial charge in [-0.2, -0.15) is 4.31 Å². The first kappa shape index (κ1) is 14.6. The number of hydrogen-bond donors (Lipinski definition) is 1. The van der Waals surface area contributed by atoms with Crippen LogP contribution >= 0.6 is 11.6 Å². The second-order valence-electron chi connectivity index (χ2n) is 4.54. The molecule has 1 saturated heterocycles. The summed E-state index contributed by atoms with van der Waals surface area (Å²) in [4.78, 5) is 2.05. The Labute approximate surface area is 118 Å². The van der Waals surface area contributed by atoms with Crippen LogP contribution in [0.1, 0.15) is 5.56 Å². The number of piperazine rings is 1. The molecule has 1 heterocycles. The lowest BCUT2D eigenvalue weighted by Gasteiger charge is -2.35. The molecule has 0 aromatic heterocycles. The summed E-state index contributed by atoms with van der Waals surface area (Å²) in [6, 6.07) is 5.47. The maximum absolute atomic E-state index is 11.5. The summed E-state index contributed by atoms with van der Waals surface area (Å²) in [6.45, 7) is 1.98. The van der Waals surface area contributed by atoms with Crippen LogP contribution in [0.2, 0.25) is 5.02 Å². The van der Waals surface area contributed by atoms with Gasteiger partial charge in [0, 0.05) is 42.5 Å². The van der Waals surface area contributed by atoms with Crippen molar-refractivity contribution in [3.05, 3.63) is 28.8 Å². The van der Waals surface area contributed by atoms with E-state index >= 15 is 0 Å². The zero-order chi connectivity index (χ0) is 14.0. The highest BCUT2D eigenvalue weighted by molar-refractivity contribution is 7.88. The number of aliphatic hydroxyl groups excluding tert-OH is 1. The molecule has 0 saturated carbocycles.